The van der Waals surface area contributed by atoms with E-state index >= 15 is 0 Å². The maximum atomic E-state index is 13.1. The molecule has 2 aromatic rings. The molecule has 13 heavy (non-hydrogen) atoms. The van der Waals surface area contributed by atoms with E-state index in [0.717, 1.165) is 4.70 Å². The Morgan fingerprint density at radius 1 is 1.54 bits per heavy atom. The van der Waals surface area contributed by atoms with Gasteiger partial charge in [0.05, 0.1) is 0 Å². The van der Waals surface area contributed by atoms with Crippen LogP contribution in [0.3, 0.4) is 0 Å². The van der Waals surface area contributed by atoms with Crippen LogP contribution < -0.4 is 0 Å². The van der Waals surface area contributed by atoms with E-state index in [4.69, 9.17) is 10.4 Å². The van der Waals surface area contributed by atoms with Gasteiger partial charge in [0, 0.05) is 16.2 Å². The zero-order chi connectivity index (χ0) is 9.42. The lowest BCUT2D eigenvalue weighted by Gasteiger charge is -1.98. The SMILES string of the molecule is N#Cc1c(F)c(O)cc2sccc12. The predicted octanol–water partition coefficient (Wildman–Crippen LogP) is 2.62. The summed E-state index contributed by atoms with van der Waals surface area (Å²) in [4.78, 5) is 0. The van der Waals surface area contributed by atoms with Crippen LogP contribution in [0, 0.1) is 17.1 Å². The molecule has 0 radical (unpaired) electrons. The average Bonchev–Trinajstić information content (AvgIpc) is 2.54. The van der Waals surface area contributed by atoms with Gasteiger partial charge in [-0.1, -0.05) is 0 Å². The molecule has 0 amide bonds. The molecule has 0 saturated carbocycles. The van der Waals surface area contributed by atoms with Crippen LogP contribution in [-0.2, 0) is 0 Å². The largest absolute Gasteiger partial charge is 0.505 e. The molecule has 4 heteroatoms. The summed E-state index contributed by atoms with van der Waals surface area (Å²) in [7, 11) is 0. The molecular formula is C9H4FNOS. The Balaban J connectivity index is 2.98. The first kappa shape index (κ1) is 8.02. The summed E-state index contributed by atoms with van der Waals surface area (Å²) in [5.41, 5.74) is -0.0868. The van der Waals surface area contributed by atoms with Crippen molar-refractivity contribution in [3.63, 3.8) is 0 Å². The third-order valence-corrected chi connectivity index (χ3v) is 2.65. The highest BCUT2D eigenvalue weighted by Crippen LogP contribution is 2.31. The third kappa shape index (κ3) is 1.05. The monoisotopic (exact) mass is 193 g/mol. The molecule has 0 fully saturated rings. The van der Waals surface area contributed by atoms with Crippen molar-refractivity contribution in [2.24, 2.45) is 0 Å². The molecule has 1 aromatic carbocycles. The van der Waals surface area contributed by atoms with Crippen LogP contribution >= 0.6 is 11.3 Å². The second-order valence-corrected chi connectivity index (χ2v) is 3.48. The lowest BCUT2D eigenvalue weighted by Crippen LogP contribution is -1.84. The van der Waals surface area contributed by atoms with E-state index in [1.807, 2.05) is 0 Å². The number of phenols is 1. The van der Waals surface area contributed by atoms with Crippen molar-refractivity contribution >= 4 is 21.4 Å². The number of thiophene rings is 1. The molecule has 0 aliphatic carbocycles. The molecule has 0 aliphatic heterocycles. The number of phenolic OH excluding ortho intramolecular Hbond substituents is 1. The minimum atomic E-state index is -0.839. The van der Waals surface area contributed by atoms with Gasteiger partial charge >= 0.3 is 0 Å². The lowest BCUT2D eigenvalue weighted by atomic mass is 10.1. The van der Waals surface area contributed by atoms with Crippen molar-refractivity contribution in [2.45, 2.75) is 0 Å². The molecule has 2 rings (SSSR count). The fourth-order valence-corrected chi connectivity index (χ4v) is 2.01. The van der Waals surface area contributed by atoms with Gasteiger partial charge in [-0.2, -0.15) is 5.26 Å². The number of rotatable bonds is 0. The summed E-state index contributed by atoms with van der Waals surface area (Å²) in [6.45, 7) is 0. The van der Waals surface area contributed by atoms with E-state index in [0.29, 0.717) is 5.39 Å². The zero-order valence-electron chi connectivity index (χ0n) is 6.41. The van der Waals surface area contributed by atoms with Gasteiger partial charge in [-0.3, -0.25) is 0 Å². The van der Waals surface area contributed by atoms with Crippen molar-refractivity contribution in [1.29, 1.82) is 5.26 Å². The minimum absolute atomic E-state index is 0.0868. The van der Waals surface area contributed by atoms with Crippen LogP contribution in [0.4, 0.5) is 4.39 Å². The number of nitrogens with zero attached hydrogens (tertiary/aromatic N) is 1. The highest BCUT2D eigenvalue weighted by atomic mass is 32.1. The minimum Gasteiger partial charge on any atom is -0.505 e. The Kier molecular flexibility index (Phi) is 1.67. The molecule has 1 heterocycles. The molecule has 1 aromatic heterocycles. The molecule has 0 aliphatic rings. The van der Waals surface area contributed by atoms with Crippen LogP contribution in [0.2, 0.25) is 0 Å². The number of hydrogen-bond donors (Lipinski definition) is 1. The molecule has 0 atom stereocenters. The lowest BCUT2D eigenvalue weighted by molar-refractivity contribution is 0.433. The Hall–Kier alpha value is -1.60. The Morgan fingerprint density at radius 3 is 3.00 bits per heavy atom. The second kappa shape index (κ2) is 2.71. The van der Waals surface area contributed by atoms with Gasteiger partial charge in [0.1, 0.15) is 11.6 Å². The molecular weight excluding hydrogens is 189 g/mol. The summed E-state index contributed by atoms with van der Waals surface area (Å²) in [6.07, 6.45) is 0. The maximum absolute atomic E-state index is 13.1. The van der Waals surface area contributed by atoms with Gasteiger partial charge in [0.25, 0.3) is 0 Å². The van der Waals surface area contributed by atoms with Crippen LogP contribution in [0.25, 0.3) is 10.1 Å². The van der Waals surface area contributed by atoms with Crippen LogP contribution in [0.1, 0.15) is 5.56 Å². The quantitative estimate of drug-likeness (QED) is 0.698. The summed E-state index contributed by atoms with van der Waals surface area (Å²) >= 11 is 1.36. The van der Waals surface area contributed by atoms with E-state index in [-0.39, 0.29) is 5.56 Å². The highest BCUT2D eigenvalue weighted by Gasteiger charge is 2.12. The molecule has 0 bridgehead atoms. The number of aromatic hydroxyl groups is 1. The molecule has 1 N–H and O–H groups in total. The van der Waals surface area contributed by atoms with Crippen molar-refractivity contribution in [3.05, 3.63) is 28.9 Å². The van der Waals surface area contributed by atoms with E-state index in [9.17, 15) is 4.39 Å². The van der Waals surface area contributed by atoms with Crippen molar-refractivity contribution in [1.82, 2.24) is 0 Å². The van der Waals surface area contributed by atoms with Crippen molar-refractivity contribution in [2.75, 3.05) is 0 Å². The van der Waals surface area contributed by atoms with Gasteiger partial charge in [-0.25, -0.2) is 4.39 Å². The topological polar surface area (TPSA) is 44.0 Å². The third-order valence-electron chi connectivity index (χ3n) is 1.79. The first-order valence-corrected chi connectivity index (χ1v) is 4.41. The smallest absolute Gasteiger partial charge is 0.183 e. The number of benzene rings is 1. The number of hydrogen-bond acceptors (Lipinski definition) is 3. The first-order chi connectivity index (χ1) is 6.24. The van der Waals surface area contributed by atoms with Gasteiger partial charge in [-0.05, 0) is 11.4 Å². The highest BCUT2D eigenvalue weighted by molar-refractivity contribution is 7.17. The van der Waals surface area contributed by atoms with E-state index in [2.05, 4.69) is 0 Å². The fourth-order valence-electron chi connectivity index (χ4n) is 1.18. The average molecular weight is 193 g/mol. The second-order valence-electron chi connectivity index (χ2n) is 2.53. The Bertz CT molecular complexity index is 512. The van der Waals surface area contributed by atoms with Crippen LogP contribution in [0.15, 0.2) is 17.5 Å². The molecule has 0 unspecified atom stereocenters. The van der Waals surface area contributed by atoms with E-state index in [1.165, 1.54) is 17.4 Å². The number of halogens is 1. The summed E-state index contributed by atoms with van der Waals surface area (Å²) < 4.78 is 13.9. The van der Waals surface area contributed by atoms with Crippen molar-refractivity contribution < 1.29 is 9.50 Å². The number of fused-ring (bicyclic) bond motifs is 1. The van der Waals surface area contributed by atoms with E-state index < -0.39 is 11.6 Å². The maximum Gasteiger partial charge on any atom is 0.183 e. The van der Waals surface area contributed by atoms with Crippen LogP contribution in [0.5, 0.6) is 5.75 Å². The van der Waals surface area contributed by atoms with E-state index in [1.54, 1.807) is 17.5 Å². The first-order valence-electron chi connectivity index (χ1n) is 3.53. The fraction of sp³-hybridized carbons (Fsp3) is 0. The summed E-state index contributed by atoms with van der Waals surface area (Å²) in [6, 6.07) is 4.73. The molecule has 2 nitrogen and oxygen atoms in total. The van der Waals surface area contributed by atoms with Gasteiger partial charge < -0.3 is 5.11 Å². The van der Waals surface area contributed by atoms with Crippen LogP contribution in [-0.4, -0.2) is 5.11 Å². The molecule has 0 spiro atoms. The van der Waals surface area contributed by atoms with Gasteiger partial charge in [0.15, 0.2) is 11.6 Å². The van der Waals surface area contributed by atoms with Gasteiger partial charge in [-0.15, -0.1) is 11.3 Å². The normalized spacial score (nSPS) is 10.2. The van der Waals surface area contributed by atoms with Gasteiger partial charge in [0.2, 0.25) is 0 Å². The Labute approximate surface area is 77.5 Å². The predicted molar refractivity (Wildman–Crippen MR) is 48.2 cm³/mol. The molecule has 0 saturated heterocycles. The summed E-state index contributed by atoms with van der Waals surface area (Å²) in [5.74, 6) is -1.31. The van der Waals surface area contributed by atoms with Crippen molar-refractivity contribution in [3.8, 4) is 11.8 Å². The molecule has 64 valence electrons. The zero-order valence-corrected chi connectivity index (χ0v) is 7.23. The summed E-state index contributed by atoms with van der Waals surface area (Å²) in [5, 5.41) is 20.1. The standard InChI is InChI=1S/C9H4FNOS/c10-9-6(4-11)5-1-2-13-8(5)3-7(9)12/h1-3,12H. The Morgan fingerprint density at radius 2 is 2.31 bits per heavy atom. The number of nitriles is 1.